The summed E-state index contributed by atoms with van der Waals surface area (Å²) in [4.78, 5) is 9.03. The van der Waals surface area contributed by atoms with Crippen LogP contribution in [0.15, 0.2) is 60.9 Å². The van der Waals surface area contributed by atoms with Gasteiger partial charge in [-0.05, 0) is 67.4 Å². The van der Waals surface area contributed by atoms with Gasteiger partial charge in [0.25, 0.3) is 0 Å². The molecule has 4 rings (SSSR count). The Morgan fingerprint density at radius 2 is 1.25 bits per heavy atom. The van der Waals surface area contributed by atoms with Crippen molar-refractivity contribution < 1.29 is 18.9 Å². The second-order valence-corrected chi connectivity index (χ2v) is 7.05. The molecule has 0 atom stereocenters. The maximum absolute atomic E-state index is 5.80. The van der Waals surface area contributed by atoms with Gasteiger partial charge in [0.2, 0.25) is 0 Å². The van der Waals surface area contributed by atoms with Crippen molar-refractivity contribution in [3.8, 4) is 45.4 Å². The molecule has 0 aliphatic heterocycles. The van der Waals surface area contributed by atoms with Gasteiger partial charge in [-0.1, -0.05) is 12.1 Å². The summed E-state index contributed by atoms with van der Waals surface area (Å²) >= 11 is 0. The summed E-state index contributed by atoms with van der Waals surface area (Å²) in [7, 11) is 3.25. The van der Waals surface area contributed by atoms with Crippen LogP contribution in [0.1, 0.15) is 13.8 Å². The Labute approximate surface area is 187 Å². The van der Waals surface area contributed by atoms with Crippen molar-refractivity contribution in [1.82, 2.24) is 9.97 Å². The molecule has 6 heteroatoms. The van der Waals surface area contributed by atoms with Crippen LogP contribution in [0.25, 0.3) is 33.3 Å². The molecule has 0 fully saturated rings. The Morgan fingerprint density at radius 3 is 2.00 bits per heavy atom. The fraction of sp³-hybridized carbons (Fsp3) is 0.231. The van der Waals surface area contributed by atoms with Crippen molar-refractivity contribution in [3.63, 3.8) is 0 Å². The molecule has 4 aromatic rings. The molecule has 0 unspecified atom stereocenters. The number of nitrogens with zero attached hydrogens (tertiary/aromatic N) is 2. The van der Waals surface area contributed by atoms with Gasteiger partial charge < -0.3 is 18.9 Å². The Hall–Kier alpha value is -3.80. The van der Waals surface area contributed by atoms with E-state index in [2.05, 4.69) is 22.1 Å². The average molecular weight is 431 g/mol. The van der Waals surface area contributed by atoms with Crippen molar-refractivity contribution in [2.75, 3.05) is 27.4 Å². The Bertz CT molecular complexity index is 1240. The second kappa shape index (κ2) is 9.56. The number of ether oxygens (including phenoxy) is 4. The van der Waals surface area contributed by atoms with Crippen LogP contribution in [0.5, 0.6) is 23.0 Å². The first-order chi connectivity index (χ1) is 15.7. The molecule has 3 aromatic carbocycles. The summed E-state index contributed by atoms with van der Waals surface area (Å²) in [6, 6.07) is 17.9. The normalized spacial score (nSPS) is 10.8. The van der Waals surface area contributed by atoms with Gasteiger partial charge >= 0.3 is 0 Å². The van der Waals surface area contributed by atoms with Crippen molar-refractivity contribution in [2.45, 2.75) is 13.8 Å². The van der Waals surface area contributed by atoms with E-state index < -0.39 is 0 Å². The molecule has 0 N–H and O–H groups in total. The summed E-state index contributed by atoms with van der Waals surface area (Å²) < 4.78 is 22.4. The quantitative estimate of drug-likeness (QED) is 0.353. The van der Waals surface area contributed by atoms with Gasteiger partial charge in [-0.15, -0.1) is 0 Å². The van der Waals surface area contributed by atoms with Crippen molar-refractivity contribution >= 4 is 10.9 Å². The zero-order valence-electron chi connectivity index (χ0n) is 18.7. The number of rotatable bonds is 8. The van der Waals surface area contributed by atoms with E-state index in [4.69, 9.17) is 18.9 Å². The Kier molecular flexibility index (Phi) is 6.40. The van der Waals surface area contributed by atoms with Crippen molar-refractivity contribution in [2.24, 2.45) is 0 Å². The third-order valence-corrected chi connectivity index (χ3v) is 5.17. The molecule has 0 bridgehead atoms. The lowest BCUT2D eigenvalue weighted by Gasteiger charge is -2.14. The molecule has 0 saturated heterocycles. The second-order valence-electron chi connectivity index (χ2n) is 7.05. The maximum atomic E-state index is 5.80. The molecule has 6 nitrogen and oxygen atoms in total. The lowest BCUT2D eigenvalue weighted by molar-refractivity contribution is 0.288. The van der Waals surface area contributed by atoms with Crippen LogP contribution >= 0.6 is 0 Å². The minimum Gasteiger partial charge on any atom is -0.493 e. The number of methoxy groups -OCH3 is 2. The van der Waals surface area contributed by atoms with Crippen LogP contribution < -0.4 is 18.9 Å². The average Bonchev–Trinajstić information content (AvgIpc) is 2.84. The first-order valence-electron chi connectivity index (χ1n) is 10.6. The van der Waals surface area contributed by atoms with Crippen LogP contribution in [0.2, 0.25) is 0 Å². The number of aromatic nitrogens is 2. The molecular weight excluding hydrogens is 404 g/mol. The van der Waals surface area contributed by atoms with Crippen molar-refractivity contribution in [1.29, 1.82) is 0 Å². The van der Waals surface area contributed by atoms with E-state index in [1.165, 1.54) is 0 Å². The van der Waals surface area contributed by atoms with Crippen LogP contribution in [-0.4, -0.2) is 37.4 Å². The van der Waals surface area contributed by atoms with Gasteiger partial charge in [0.1, 0.15) is 6.33 Å². The number of hydrogen-bond acceptors (Lipinski definition) is 6. The van der Waals surface area contributed by atoms with Crippen LogP contribution in [0.3, 0.4) is 0 Å². The van der Waals surface area contributed by atoms with Gasteiger partial charge in [0, 0.05) is 10.9 Å². The van der Waals surface area contributed by atoms with E-state index in [9.17, 15) is 0 Å². The lowest BCUT2D eigenvalue weighted by Crippen LogP contribution is -1.98. The molecule has 0 amide bonds. The van der Waals surface area contributed by atoms with Crippen LogP contribution in [0, 0.1) is 0 Å². The number of fused-ring (bicyclic) bond motifs is 1. The molecule has 0 radical (unpaired) electrons. The highest BCUT2D eigenvalue weighted by Gasteiger charge is 2.13. The monoisotopic (exact) mass is 430 g/mol. The van der Waals surface area contributed by atoms with E-state index in [0.717, 1.165) is 44.8 Å². The Balaban J connectivity index is 1.82. The molecule has 32 heavy (non-hydrogen) atoms. The van der Waals surface area contributed by atoms with E-state index in [-0.39, 0.29) is 0 Å². The Morgan fingerprint density at radius 1 is 0.625 bits per heavy atom. The molecule has 0 aliphatic rings. The predicted octanol–water partition coefficient (Wildman–Crippen LogP) is 5.78. The molecule has 164 valence electrons. The smallest absolute Gasteiger partial charge is 0.161 e. The van der Waals surface area contributed by atoms with Gasteiger partial charge in [-0.2, -0.15) is 0 Å². The standard InChI is InChI=1S/C26H26N2O4/c1-5-31-23-12-8-18(14-25(23)32-6-2)17-7-10-21-20(13-17)26(28-16-27-21)19-9-11-22(29-3)24(15-19)30-4/h7-16H,5-6H2,1-4H3. The zero-order chi connectivity index (χ0) is 22.5. The van der Waals surface area contributed by atoms with Gasteiger partial charge in [0.15, 0.2) is 23.0 Å². The van der Waals surface area contributed by atoms with Crippen LogP contribution in [-0.2, 0) is 0 Å². The molecule has 1 heterocycles. The summed E-state index contributed by atoms with van der Waals surface area (Å²) in [6.07, 6.45) is 1.58. The lowest BCUT2D eigenvalue weighted by atomic mass is 10.00. The summed E-state index contributed by atoms with van der Waals surface area (Å²) in [6.45, 7) is 5.08. The maximum Gasteiger partial charge on any atom is 0.161 e. The third kappa shape index (κ3) is 4.17. The first-order valence-corrected chi connectivity index (χ1v) is 10.6. The third-order valence-electron chi connectivity index (χ3n) is 5.17. The van der Waals surface area contributed by atoms with E-state index in [0.29, 0.717) is 24.7 Å². The largest absolute Gasteiger partial charge is 0.493 e. The highest BCUT2D eigenvalue weighted by molar-refractivity contribution is 5.95. The molecule has 0 saturated carbocycles. The van der Waals surface area contributed by atoms with Crippen molar-refractivity contribution in [3.05, 3.63) is 60.9 Å². The molecule has 1 aromatic heterocycles. The van der Waals surface area contributed by atoms with Gasteiger partial charge in [-0.3, -0.25) is 0 Å². The fourth-order valence-electron chi connectivity index (χ4n) is 3.68. The van der Waals surface area contributed by atoms with E-state index in [1.54, 1.807) is 20.5 Å². The first kappa shape index (κ1) is 21.4. The van der Waals surface area contributed by atoms with E-state index in [1.807, 2.05) is 56.3 Å². The summed E-state index contributed by atoms with van der Waals surface area (Å²) in [5.41, 5.74) is 4.69. The SMILES string of the molecule is CCOc1ccc(-c2ccc3ncnc(-c4ccc(OC)c(OC)c4)c3c2)cc1OCC. The van der Waals surface area contributed by atoms with Gasteiger partial charge in [0.05, 0.1) is 38.6 Å². The summed E-state index contributed by atoms with van der Waals surface area (Å²) in [5, 5.41) is 0.948. The minimum absolute atomic E-state index is 0.568. The van der Waals surface area contributed by atoms with E-state index >= 15 is 0 Å². The van der Waals surface area contributed by atoms with Crippen LogP contribution in [0.4, 0.5) is 0 Å². The zero-order valence-corrected chi connectivity index (χ0v) is 18.7. The topological polar surface area (TPSA) is 62.7 Å². The number of hydrogen-bond donors (Lipinski definition) is 0. The highest BCUT2D eigenvalue weighted by atomic mass is 16.5. The molecule has 0 aliphatic carbocycles. The fourth-order valence-corrected chi connectivity index (χ4v) is 3.68. The molecular formula is C26H26N2O4. The minimum atomic E-state index is 0.568. The van der Waals surface area contributed by atoms with Gasteiger partial charge in [-0.25, -0.2) is 9.97 Å². The molecule has 0 spiro atoms. The predicted molar refractivity (Wildman–Crippen MR) is 126 cm³/mol. The summed E-state index contributed by atoms with van der Waals surface area (Å²) in [5.74, 6) is 2.80. The number of benzene rings is 3. The highest BCUT2D eigenvalue weighted by Crippen LogP contribution is 2.37.